The summed E-state index contributed by atoms with van der Waals surface area (Å²) >= 11 is 0. The molecule has 1 aliphatic heterocycles. The number of amides is 1. The molecule has 1 amide bonds. The van der Waals surface area contributed by atoms with Gasteiger partial charge in [-0.1, -0.05) is 19.1 Å². The molecule has 0 unspecified atom stereocenters. The predicted octanol–water partition coefficient (Wildman–Crippen LogP) is 2.75. The number of ketones is 1. The Hall–Kier alpha value is -2.36. The fourth-order valence-corrected chi connectivity index (χ4v) is 2.70. The van der Waals surface area contributed by atoms with Crippen LogP contribution in [0.15, 0.2) is 34.9 Å². The highest BCUT2D eigenvalue weighted by molar-refractivity contribution is 6.11. The van der Waals surface area contributed by atoms with E-state index in [1.807, 2.05) is 13.0 Å². The molecule has 2 aromatic rings. The molecule has 108 valence electrons. The van der Waals surface area contributed by atoms with E-state index in [1.165, 1.54) is 6.26 Å². The SMILES string of the molecule is CCc1occc1C(=O)c1ccc2c(c1)C(=O)NCCC2. The molecule has 4 nitrogen and oxygen atoms in total. The van der Waals surface area contributed by atoms with Crippen molar-refractivity contribution in [2.24, 2.45) is 0 Å². The fraction of sp³-hybridized carbons (Fsp3) is 0.294. The van der Waals surface area contributed by atoms with E-state index in [9.17, 15) is 9.59 Å². The highest BCUT2D eigenvalue weighted by atomic mass is 16.3. The van der Waals surface area contributed by atoms with Crippen LogP contribution >= 0.6 is 0 Å². The van der Waals surface area contributed by atoms with Crippen molar-refractivity contribution < 1.29 is 14.0 Å². The lowest BCUT2D eigenvalue weighted by Crippen LogP contribution is -2.23. The van der Waals surface area contributed by atoms with Gasteiger partial charge in [0.1, 0.15) is 5.76 Å². The zero-order valence-corrected chi connectivity index (χ0v) is 11.9. The molecule has 1 aromatic heterocycles. The van der Waals surface area contributed by atoms with Gasteiger partial charge in [0, 0.05) is 24.1 Å². The number of rotatable bonds is 3. The summed E-state index contributed by atoms with van der Waals surface area (Å²) in [5, 5.41) is 2.86. The first kappa shape index (κ1) is 13.6. The second-order valence-corrected chi connectivity index (χ2v) is 5.17. The molecule has 0 radical (unpaired) electrons. The first-order chi connectivity index (χ1) is 10.2. The third-order valence-corrected chi connectivity index (χ3v) is 3.84. The highest BCUT2D eigenvalue weighted by Gasteiger charge is 2.20. The van der Waals surface area contributed by atoms with Crippen LogP contribution in [-0.4, -0.2) is 18.2 Å². The molecule has 0 fully saturated rings. The summed E-state index contributed by atoms with van der Waals surface area (Å²) in [6.45, 7) is 2.62. The summed E-state index contributed by atoms with van der Waals surface area (Å²) in [6, 6.07) is 7.07. The Kier molecular flexibility index (Phi) is 3.60. The summed E-state index contributed by atoms with van der Waals surface area (Å²) in [6.07, 6.45) is 3.98. The second kappa shape index (κ2) is 5.56. The number of furan rings is 1. The van der Waals surface area contributed by atoms with E-state index in [0.717, 1.165) is 18.4 Å². The minimum atomic E-state index is -0.0972. The summed E-state index contributed by atoms with van der Waals surface area (Å²) in [5.74, 6) is 0.486. The maximum atomic E-state index is 12.6. The Morgan fingerprint density at radius 3 is 3.00 bits per heavy atom. The molecule has 4 heteroatoms. The van der Waals surface area contributed by atoms with E-state index in [2.05, 4.69) is 5.32 Å². The molecule has 0 atom stereocenters. The first-order valence-corrected chi connectivity index (χ1v) is 7.23. The molecule has 3 rings (SSSR count). The number of nitrogens with one attached hydrogen (secondary N) is 1. The number of hydrogen-bond donors (Lipinski definition) is 1. The van der Waals surface area contributed by atoms with Crippen molar-refractivity contribution >= 4 is 11.7 Å². The standard InChI is InChI=1S/C17H17NO3/c1-2-15-13(7-9-21-15)16(19)12-6-5-11-4-3-8-18-17(20)14(11)10-12/h5-7,9-10H,2-4,8H2,1H3,(H,18,20). The van der Waals surface area contributed by atoms with Crippen LogP contribution in [0.5, 0.6) is 0 Å². The predicted molar refractivity (Wildman–Crippen MR) is 78.6 cm³/mol. The van der Waals surface area contributed by atoms with Crippen molar-refractivity contribution in [3.8, 4) is 0 Å². The van der Waals surface area contributed by atoms with E-state index in [1.54, 1.807) is 18.2 Å². The molecule has 2 heterocycles. The fourth-order valence-electron chi connectivity index (χ4n) is 2.70. The topological polar surface area (TPSA) is 59.3 Å². The van der Waals surface area contributed by atoms with Gasteiger partial charge in [-0.15, -0.1) is 0 Å². The Labute approximate surface area is 123 Å². The van der Waals surface area contributed by atoms with Crippen molar-refractivity contribution in [3.63, 3.8) is 0 Å². The molecule has 1 aliphatic rings. The number of carbonyl (C=O) groups excluding carboxylic acids is 2. The lowest BCUT2D eigenvalue weighted by atomic mass is 9.96. The highest BCUT2D eigenvalue weighted by Crippen LogP contribution is 2.21. The first-order valence-electron chi connectivity index (χ1n) is 7.23. The largest absolute Gasteiger partial charge is 0.469 e. The zero-order chi connectivity index (χ0) is 14.8. The van der Waals surface area contributed by atoms with E-state index in [0.29, 0.717) is 35.4 Å². The van der Waals surface area contributed by atoms with Crippen molar-refractivity contribution in [2.75, 3.05) is 6.54 Å². The van der Waals surface area contributed by atoms with Crippen LogP contribution in [-0.2, 0) is 12.8 Å². The lowest BCUT2D eigenvalue weighted by molar-refractivity contribution is 0.0956. The number of carbonyl (C=O) groups is 2. The monoisotopic (exact) mass is 283 g/mol. The van der Waals surface area contributed by atoms with E-state index in [4.69, 9.17) is 4.42 Å². The smallest absolute Gasteiger partial charge is 0.251 e. The van der Waals surface area contributed by atoms with Crippen molar-refractivity contribution in [3.05, 3.63) is 58.5 Å². The number of aryl methyl sites for hydroxylation is 2. The molecule has 0 saturated carbocycles. The molecular weight excluding hydrogens is 266 g/mol. The minimum Gasteiger partial charge on any atom is -0.469 e. The van der Waals surface area contributed by atoms with Gasteiger partial charge in [0.2, 0.25) is 0 Å². The van der Waals surface area contributed by atoms with Gasteiger partial charge in [-0.25, -0.2) is 0 Å². The van der Waals surface area contributed by atoms with Gasteiger partial charge in [-0.3, -0.25) is 9.59 Å². The molecule has 0 spiro atoms. The molecule has 21 heavy (non-hydrogen) atoms. The zero-order valence-electron chi connectivity index (χ0n) is 11.9. The van der Waals surface area contributed by atoms with Crippen LogP contribution in [0.4, 0.5) is 0 Å². The number of fused-ring (bicyclic) bond motifs is 1. The Balaban J connectivity index is 2.00. The Bertz CT molecular complexity index is 700. The maximum Gasteiger partial charge on any atom is 0.251 e. The summed E-state index contributed by atoms with van der Waals surface area (Å²) in [4.78, 5) is 24.6. The van der Waals surface area contributed by atoms with Crippen molar-refractivity contribution in [1.82, 2.24) is 5.32 Å². The minimum absolute atomic E-state index is 0.0968. The van der Waals surface area contributed by atoms with Gasteiger partial charge in [0.25, 0.3) is 5.91 Å². The third kappa shape index (κ3) is 2.49. The molecule has 1 aromatic carbocycles. The van der Waals surface area contributed by atoms with Crippen LogP contribution in [0, 0.1) is 0 Å². The second-order valence-electron chi connectivity index (χ2n) is 5.17. The van der Waals surface area contributed by atoms with Gasteiger partial charge in [0.15, 0.2) is 5.78 Å². The molecule has 0 aliphatic carbocycles. The van der Waals surface area contributed by atoms with Crippen LogP contribution in [0.3, 0.4) is 0 Å². The van der Waals surface area contributed by atoms with E-state index in [-0.39, 0.29) is 11.7 Å². The van der Waals surface area contributed by atoms with Gasteiger partial charge in [0.05, 0.1) is 11.8 Å². The van der Waals surface area contributed by atoms with Crippen LogP contribution in [0.25, 0.3) is 0 Å². The normalized spacial score (nSPS) is 14.2. The Morgan fingerprint density at radius 2 is 2.19 bits per heavy atom. The maximum absolute atomic E-state index is 12.6. The number of hydrogen-bond acceptors (Lipinski definition) is 3. The van der Waals surface area contributed by atoms with Crippen LogP contribution in [0.2, 0.25) is 0 Å². The summed E-state index contributed by atoms with van der Waals surface area (Å²) < 4.78 is 5.31. The van der Waals surface area contributed by atoms with Gasteiger partial charge in [-0.2, -0.15) is 0 Å². The summed E-state index contributed by atoms with van der Waals surface area (Å²) in [7, 11) is 0. The molecular formula is C17H17NO3. The van der Waals surface area contributed by atoms with E-state index >= 15 is 0 Å². The van der Waals surface area contributed by atoms with Gasteiger partial charge >= 0.3 is 0 Å². The van der Waals surface area contributed by atoms with Gasteiger partial charge < -0.3 is 9.73 Å². The average Bonchev–Trinajstić information content (AvgIpc) is 2.91. The van der Waals surface area contributed by atoms with Gasteiger partial charge in [-0.05, 0) is 30.5 Å². The summed E-state index contributed by atoms with van der Waals surface area (Å²) in [5.41, 5.74) is 2.72. The number of benzene rings is 1. The van der Waals surface area contributed by atoms with Crippen LogP contribution in [0.1, 0.15) is 50.9 Å². The molecule has 0 bridgehead atoms. The van der Waals surface area contributed by atoms with Crippen molar-refractivity contribution in [1.29, 1.82) is 0 Å². The molecule has 1 N–H and O–H groups in total. The molecule has 0 saturated heterocycles. The van der Waals surface area contributed by atoms with E-state index < -0.39 is 0 Å². The average molecular weight is 283 g/mol. The third-order valence-electron chi connectivity index (χ3n) is 3.84. The van der Waals surface area contributed by atoms with Crippen LogP contribution < -0.4 is 5.32 Å². The Morgan fingerprint density at radius 1 is 1.33 bits per heavy atom. The van der Waals surface area contributed by atoms with Crippen molar-refractivity contribution in [2.45, 2.75) is 26.2 Å². The quantitative estimate of drug-likeness (QED) is 0.881. The lowest BCUT2D eigenvalue weighted by Gasteiger charge is -2.07.